The molecule has 20 heavy (non-hydrogen) atoms. The number of nitrogens with zero attached hydrogens (tertiary/aromatic N) is 1. The van der Waals surface area contributed by atoms with Gasteiger partial charge in [-0.3, -0.25) is 4.21 Å². The lowest BCUT2D eigenvalue weighted by atomic mass is 10.1. The monoisotopic (exact) mass is 295 g/mol. The molecule has 102 valence electrons. The summed E-state index contributed by atoms with van der Waals surface area (Å²) in [5.74, 6) is -2.84. The lowest BCUT2D eigenvalue weighted by Crippen LogP contribution is -2.01. The normalized spacial score (nSPS) is 11.9. The van der Waals surface area contributed by atoms with Crippen LogP contribution in [0.25, 0.3) is 0 Å². The highest BCUT2D eigenvalue weighted by molar-refractivity contribution is 7.84. The average molecular weight is 295 g/mol. The maximum atomic E-state index is 13.1. The van der Waals surface area contributed by atoms with Gasteiger partial charge in [-0.2, -0.15) is 5.26 Å². The number of benzene rings is 2. The summed E-state index contributed by atoms with van der Waals surface area (Å²) in [6.45, 7) is 0. The van der Waals surface area contributed by atoms with Crippen LogP contribution >= 0.6 is 0 Å². The van der Waals surface area contributed by atoms with Gasteiger partial charge in [0.05, 0.1) is 28.2 Å². The summed E-state index contributed by atoms with van der Waals surface area (Å²) in [5, 5.41) is 8.89. The van der Waals surface area contributed by atoms with Gasteiger partial charge in [-0.05, 0) is 42.0 Å². The minimum atomic E-state index is -1.70. The standard InChI is InChI=1S/C14H8F3NOS/c15-11-2-1-9(7-18)10(5-11)8-20(19)12-3-4-13(16)14(17)6-12/h1-6H,8H2. The Kier molecular flexibility index (Phi) is 4.20. The van der Waals surface area contributed by atoms with Crippen molar-refractivity contribution in [2.45, 2.75) is 10.6 Å². The van der Waals surface area contributed by atoms with E-state index in [0.717, 1.165) is 24.3 Å². The van der Waals surface area contributed by atoms with Crippen LogP contribution in [0.15, 0.2) is 41.3 Å². The van der Waals surface area contributed by atoms with Crippen LogP contribution in [0, 0.1) is 28.8 Å². The molecule has 0 fully saturated rings. The van der Waals surface area contributed by atoms with Gasteiger partial charge in [0.1, 0.15) is 5.82 Å². The second-order valence-electron chi connectivity index (χ2n) is 3.98. The molecule has 2 aromatic carbocycles. The molecule has 0 spiro atoms. The van der Waals surface area contributed by atoms with E-state index in [1.54, 1.807) is 0 Å². The van der Waals surface area contributed by atoms with Crippen molar-refractivity contribution in [3.8, 4) is 6.07 Å². The highest BCUT2D eigenvalue weighted by atomic mass is 32.2. The van der Waals surface area contributed by atoms with Crippen LogP contribution in [0.4, 0.5) is 13.2 Å². The summed E-state index contributed by atoms with van der Waals surface area (Å²) in [6.07, 6.45) is 0. The molecule has 2 rings (SSSR count). The maximum Gasteiger partial charge on any atom is 0.160 e. The second-order valence-corrected chi connectivity index (χ2v) is 5.43. The fourth-order valence-electron chi connectivity index (χ4n) is 1.63. The van der Waals surface area contributed by atoms with Crippen molar-refractivity contribution < 1.29 is 17.4 Å². The molecule has 0 bridgehead atoms. The zero-order valence-electron chi connectivity index (χ0n) is 10.1. The number of hydrogen-bond acceptors (Lipinski definition) is 2. The van der Waals surface area contributed by atoms with Gasteiger partial charge in [0.15, 0.2) is 11.6 Å². The van der Waals surface area contributed by atoms with E-state index in [2.05, 4.69) is 0 Å². The predicted molar refractivity (Wildman–Crippen MR) is 67.6 cm³/mol. The van der Waals surface area contributed by atoms with E-state index in [9.17, 15) is 17.4 Å². The Balaban J connectivity index is 2.30. The Hall–Kier alpha value is -2.13. The number of halogens is 3. The first-order valence-electron chi connectivity index (χ1n) is 5.53. The zero-order chi connectivity index (χ0) is 14.7. The Morgan fingerprint density at radius 3 is 2.45 bits per heavy atom. The summed E-state index contributed by atoms with van der Waals surface area (Å²) in [7, 11) is -1.70. The van der Waals surface area contributed by atoms with Crippen molar-refractivity contribution in [3.63, 3.8) is 0 Å². The van der Waals surface area contributed by atoms with Crippen molar-refractivity contribution in [1.29, 1.82) is 5.26 Å². The molecule has 0 aromatic heterocycles. The molecule has 2 nitrogen and oxygen atoms in total. The Morgan fingerprint density at radius 2 is 1.80 bits per heavy atom. The fourth-order valence-corrected chi connectivity index (χ4v) is 2.78. The van der Waals surface area contributed by atoms with Crippen LogP contribution in [0.3, 0.4) is 0 Å². The summed E-state index contributed by atoms with van der Waals surface area (Å²) in [6, 6.07) is 8.28. The molecule has 6 heteroatoms. The topological polar surface area (TPSA) is 40.9 Å². The minimum Gasteiger partial charge on any atom is -0.254 e. The number of hydrogen-bond donors (Lipinski definition) is 0. The largest absolute Gasteiger partial charge is 0.254 e. The Labute approximate surface area is 115 Å². The van der Waals surface area contributed by atoms with Gasteiger partial charge in [0.25, 0.3) is 0 Å². The van der Waals surface area contributed by atoms with E-state index in [1.807, 2.05) is 6.07 Å². The van der Waals surface area contributed by atoms with Gasteiger partial charge < -0.3 is 0 Å². The molecule has 0 N–H and O–H groups in total. The van der Waals surface area contributed by atoms with E-state index in [-0.39, 0.29) is 21.8 Å². The van der Waals surface area contributed by atoms with E-state index >= 15 is 0 Å². The molecule has 0 radical (unpaired) electrons. The van der Waals surface area contributed by atoms with Crippen molar-refractivity contribution in [1.82, 2.24) is 0 Å². The van der Waals surface area contributed by atoms with Crippen molar-refractivity contribution in [2.24, 2.45) is 0 Å². The van der Waals surface area contributed by atoms with Crippen LogP contribution in [0.1, 0.15) is 11.1 Å². The van der Waals surface area contributed by atoms with E-state index < -0.39 is 28.3 Å². The van der Waals surface area contributed by atoms with E-state index in [4.69, 9.17) is 5.26 Å². The molecular weight excluding hydrogens is 287 g/mol. The quantitative estimate of drug-likeness (QED) is 0.872. The first kappa shape index (κ1) is 14.3. The fraction of sp³-hybridized carbons (Fsp3) is 0.0714. The molecular formula is C14H8F3NOS. The lowest BCUT2D eigenvalue weighted by Gasteiger charge is -2.05. The molecule has 0 saturated carbocycles. The SMILES string of the molecule is N#Cc1ccc(F)cc1CS(=O)c1ccc(F)c(F)c1. The highest BCUT2D eigenvalue weighted by Gasteiger charge is 2.12. The van der Waals surface area contributed by atoms with E-state index in [1.165, 1.54) is 12.1 Å². The highest BCUT2D eigenvalue weighted by Crippen LogP contribution is 2.18. The molecule has 1 unspecified atom stereocenters. The second kappa shape index (κ2) is 5.88. The number of rotatable bonds is 3. The molecule has 0 aliphatic heterocycles. The van der Waals surface area contributed by atoms with Gasteiger partial charge in [-0.25, -0.2) is 13.2 Å². The first-order chi connectivity index (χ1) is 9.51. The summed E-state index contributed by atoms with van der Waals surface area (Å²) in [4.78, 5) is 0.0806. The molecule has 0 amide bonds. The third-order valence-corrected chi connectivity index (χ3v) is 3.98. The van der Waals surface area contributed by atoms with Crippen LogP contribution in [-0.2, 0) is 16.6 Å². The smallest absolute Gasteiger partial charge is 0.160 e. The van der Waals surface area contributed by atoms with Crippen LogP contribution in [0.2, 0.25) is 0 Å². The predicted octanol–water partition coefficient (Wildman–Crippen LogP) is 3.28. The lowest BCUT2D eigenvalue weighted by molar-refractivity contribution is 0.505. The van der Waals surface area contributed by atoms with Gasteiger partial charge >= 0.3 is 0 Å². The van der Waals surface area contributed by atoms with Crippen molar-refractivity contribution in [3.05, 3.63) is 65.0 Å². The van der Waals surface area contributed by atoms with Gasteiger partial charge in [0, 0.05) is 4.90 Å². The van der Waals surface area contributed by atoms with Crippen molar-refractivity contribution in [2.75, 3.05) is 0 Å². The van der Waals surface area contributed by atoms with Crippen molar-refractivity contribution >= 4 is 10.8 Å². The maximum absolute atomic E-state index is 13.1. The van der Waals surface area contributed by atoms with Crippen LogP contribution < -0.4 is 0 Å². The third kappa shape index (κ3) is 3.06. The molecule has 0 aliphatic rings. The molecule has 1 atom stereocenters. The zero-order valence-corrected chi connectivity index (χ0v) is 10.9. The summed E-state index contributed by atoms with van der Waals surface area (Å²) >= 11 is 0. The summed E-state index contributed by atoms with van der Waals surface area (Å²) in [5.41, 5.74) is 0.456. The molecule has 0 saturated heterocycles. The Bertz CT molecular complexity index is 725. The van der Waals surface area contributed by atoms with E-state index in [0.29, 0.717) is 0 Å². The Morgan fingerprint density at radius 1 is 1.05 bits per heavy atom. The average Bonchev–Trinajstić information content (AvgIpc) is 2.42. The van der Waals surface area contributed by atoms with Gasteiger partial charge in [-0.1, -0.05) is 0 Å². The first-order valence-corrected chi connectivity index (χ1v) is 6.85. The van der Waals surface area contributed by atoms with Gasteiger partial charge in [0.2, 0.25) is 0 Å². The third-order valence-electron chi connectivity index (χ3n) is 2.63. The summed E-state index contributed by atoms with van der Waals surface area (Å²) < 4.78 is 51.0. The molecule has 0 aliphatic carbocycles. The van der Waals surface area contributed by atoms with Crippen LogP contribution in [0.5, 0.6) is 0 Å². The van der Waals surface area contributed by atoms with Gasteiger partial charge in [-0.15, -0.1) is 0 Å². The molecule has 0 heterocycles. The molecule has 2 aromatic rings. The number of nitriles is 1. The minimum absolute atomic E-state index is 0.0806. The van der Waals surface area contributed by atoms with Crippen LogP contribution in [-0.4, -0.2) is 4.21 Å².